The fourth-order valence-electron chi connectivity index (χ4n) is 4.10. The molecular weight excluding hydrogens is 371 g/mol. The molecule has 0 saturated carbocycles. The van der Waals surface area contributed by atoms with E-state index in [1.165, 1.54) is 22.1 Å². The van der Waals surface area contributed by atoms with Gasteiger partial charge in [-0.05, 0) is 49.1 Å². The Morgan fingerprint density at radius 2 is 1.97 bits per heavy atom. The number of amides is 3. The zero-order valence-electron chi connectivity index (χ0n) is 16.2. The van der Waals surface area contributed by atoms with Gasteiger partial charge in [-0.1, -0.05) is 36.4 Å². The highest BCUT2D eigenvalue weighted by Crippen LogP contribution is 2.24. The average Bonchev–Trinajstić information content (AvgIpc) is 2.74. The number of anilines is 1. The van der Waals surface area contributed by atoms with Gasteiger partial charge in [0.25, 0.3) is 0 Å². The zero-order chi connectivity index (χ0) is 20.2. The van der Waals surface area contributed by atoms with Crippen molar-refractivity contribution in [3.8, 4) is 0 Å². The molecule has 3 N–H and O–H groups in total. The number of urea groups is 1. The van der Waals surface area contributed by atoms with Crippen LogP contribution in [-0.2, 0) is 11.2 Å². The molecule has 0 aromatic heterocycles. The molecule has 2 atom stereocenters. The van der Waals surface area contributed by atoms with Crippen LogP contribution < -0.4 is 20.9 Å². The maximum absolute atomic E-state index is 14.1. The minimum Gasteiger partial charge on any atom is -0.336 e. The van der Waals surface area contributed by atoms with Crippen LogP contribution in [0.5, 0.6) is 0 Å². The maximum Gasteiger partial charge on any atom is 0.315 e. The molecule has 0 bridgehead atoms. The fraction of sp³-hybridized carbons (Fsp3) is 0.364. The molecule has 3 amide bonds. The van der Waals surface area contributed by atoms with E-state index < -0.39 is 11.9 Å². The van der Waals surface area contributed by atoms with Crippen LogP contribution in [0.15, 0.2) is 48.5 Å². The molecule has 1 saturated heterocycles. The Morgan fingerprint density at radius 1 is 1.17 bits per heavy atom. The molecule has 29 heavy (non-hydrogen) atoms. The molecule has 2 aromatic carbocycles. The minimum absolute atomic E-state index is 0.0441. The first-order valence-corrected chi connectivity index (χ1v) is 10.0. The Morgan fingerprint density at radius 3 is 2.83 bits per heavy atom. The summed E-state index contributed by atoms with van der Waals surface area (Å²) >= 11 is 0. The van der Waals surface area contributed by atoms with Gasteiger partial charge in [0.1, 0.15) is 11.9 Å². The summed E-state index contributed by atoms with van der Waals surface area (Å²) in [4.78, 5) is 26.6. The summed E-state index contributed by atoms with van der Waals surface area (Å²) in [7, 11) is 0. The molecule has 0 radical (unpaired) electrons. The van der Waals surface area contributed by atoms with Gasteiger partial charge in [-0.15, -0.1) is 0 Å². The molecule has 7 heteroatoms. The van der Waals surface area contributed by atoms with Crippen LogP contribution in [0.2, 0.25) is 0 Å². The Labute approximate surface area is 169 Å². The summed E-state index contributed by atoms with van der Waals surface area (Å²) in [6, 6.07) is 13.4. The summed E-state index contributed by atoms with van der Waals surface area (Å²) in [5.74, 6) is -0.717. The third-order valence-corrected chi connectivity index (χ3v) is 5.57. The van der Waals surface area contributed by atoms with Gasteiger partial charge in [0.15, 0.2) is 0 Å². The van der Waals surface area contributed by atoms with Crippen molar-refractivity contribution >= 4 is 17.6 Å². The lowest BCUT2D eigenvalue weighted by Crippen LogP contribution is -2.55. The van der Waals surface area contributed by atoms with Crippen molar-refractivity contribution in [1.29, 1.82) is 0 Å². The summed E-state index contributed by atoms with van der Waals surface area (Å²) < 4.78 is 14.1. The smallest absolute Gasteiger partial charge is 0.315 e. The molecule has 2 heterocycles. The normalized spacial score (nSPS) is 21.4. The quantitative estimate of drug-likeness (QED) is 0.744. The maximum atomic E-state index is 14.1. The van der Waals surface area contributed by atoms with Gasteiger partial charge in [0, 0.05) is 19.1 Å². The second kappa shape index (κ2) is 8.61. The van der Waals surface area contributed by atoms with Gasteiger partial charge in [-0.3, -0.25) is 4.79 Å². The van der Waals surface area contributed by atoms with Crippen LogP contribution in [0, 0.1) is 5.82 Å². The van der Waals surface area contributed by atoms with E-state index in [1.807, 2.05) is 12.1 Å². The molecule has 1 fully saturated rings. The van der Waals surface area contributed by atoms with Gasteiger partial charge in [-0.2, -0.15) is 0 Å². The predicted molar refractivity (Wildman–Crippen MR) is 109 cm³/mol. The second-order valence-electron chi connectivity index (χ2n) is 7.45. The van der Waals surface area contributed by atoms with Crippen molar-refractivity contribution in [2.24, 2.45) is 0 Å². The first kappa shape index (κ1) is 19.4. The van der Waals surface area contributed by atoms with Crippen LogP contribution in [0.3, 0.4) is 0 Å². The predicted octanol–water partition coefficient (Wildman–Crippen LogP) is 2.51. The third kappa shape index (κ3) is 4.24. The number of carbonyl (C=O) groups is 2. The summed E-state index contributed by atoms with van der Waals surface area (Å²) in [5.41, 5.74) is 2.74. The lowest BCUT2D eigenvalue weighted by molar-refractivity contribution is -0.121. The largest absolute Gasteiger partial charge is 0.336 e. The molecule has 152 valence electrons. The lowest BCUT2D eigenvalue weighted by atomic mass is 9.94. The Kier molecular flexibility index (Phi) is 5.76. The molecule has 0 aliphatic carbocycles. The van der Waals surface area contributed by atoms with E-state index in [0.717, 1.165) is 13.0 Å². The number of halogens is 1. The average molecular weight is 396 g/mol. The number of benzene rings is 2. The minimum atomic E-state index is -0.657. The van der Waals surface area contributed by atoms with E-state index in [4.69, 9.17) is 0 Å². The van der Waals surface area contributed by atoms with E-state index >= 15 is 0 Å². The molecular formula is C22H25FN4O2. The summed E-state index contributed by atoms with van der Waals surface area (Å²) in [5, 5.41) is 9.05. The number of carbonyl (C=O) groups excluding carboxylic acids is 2. The van der Waals surface area contributed by atoms with E-state index in [0.29, 0.717) is 25.9 Å². The molecule has 4 rings (SSSR count). The third-order valence-electron chi connectivity index (χ3n) is 5.57. The van der Waals surface area contributed by atoms with E-state index in [2.05, 4.69) is 28.1 Å². The van der Waals surface area contributed by atoms with Crippen molar-refractivity contribution in [3.63, 3.8) is 0 Å². The molecule has 6 nitrogen and oxygen atoms in total. The fourth-order valence-corrected chi connectivity index (χ4v) is 4.10. The molecule has 2 unspecified atom stereocenters. The molecule has 2 aliphatic rings. The van der Waals surface area contributed by atoms with E-state index in [1.54, 1.807) is 18.2 Å². The number of para-hydroxylation sites is 1. The van der Waals surface area contributed by atoms with Gasteiger partial charge in [0.05, 0.1) is 5.69 Å². The number of piperidine rings is 1. The van der Waals surface area contributed by atoms with Crippen molar-refractivity contribution in [2.45, 2.75) is 31.3 Å². The van der Waals surface area contributed by atoms with Gasteiger partial charge in [-0.25, -0.2) is 9.18 Å². The standard InChI is InChI=1S/C22H25FN4O2/c23-17-8-3-4-10-20(17)27-13-5-9-18(21(27)28)26-22(29)25-14-19-16-7-2-1-6-15(16)11-12-24-19/h1-4,6-8,10,18-19,24H,5,9,11-14H2,(H2,25,26,29). The van der Waals surface area contributed by atoms with Gasteiger partial charge >= 0.3 is 6.03 Å². The highest BCUT2D eigenvalue weighted by molar-refractivity contribution is 5.99. The Balaban J connectivity index is 1.35. The van der Waals surface area contributed by atoms with E-state index in [9.17, 15) is 14.0 Å². The SMILES string of the molecule is O=C(NCC1NCCc2ccccc21)NC1CCCN(c2ccccc2F)C1=O. The number of hydrogen-bond donors (Lipinski definition) is 3. The zero-order valence-corrected chi connectivity index (χ0v) is 16.2. The lowest BCUT2D eigenvalue weighted by Gasteiger charge is -2.33. The Bertz CT molecular complexity index is 904. The van der Waals surface area contributed by atoms with Crippen LogP contribution in [0.25, 0.3) is 0 Å². The number of rotatable bonds is 4. The summed E-state index contributed by atoms with van der Waals surface area (Å²) in [6.45, 7) is 1.74. The molecule has 2 aromatic rings. The van der Waals surface area contributed by atoms with Crippen molar-refractivity contribution < 1.29 is 14.0 Å². The first-order valence-electron chi connectivity index (χ1n) is 10.0. The van der Waals surface area contributed by atoms with Gasteiger partial charge in [0.2, 0.25) is 5.91 Å². The van der Waals surface area contributed by atoms with E-state index in [-0.39, 0.29) is 23.7 Å². The van der Waals surface area contributed by atoms with Crippen LogP contribution in [0.1, 0.15) is 30.0 Å². The number of fused-ring (bicyclic) bond motifs is 1. The second-order valence-corrected chi connectivity index (χ2v) is 7.45. The topological polar surface area (TPSA) is 73.5 Å². The van der Waals surface area contributed by atoms with Crippen molar-refractivity contribution in [2.75, 3.05) is 24.5 Å². The number of nitrogens with zero attached hydrogens (tertiary/aromatic N) is 1. The van der Waals surface area contributed by atoms with Crippen LogP contribution >= 0.6 is 0 Å². The monoisotopic (exact) mass is 396 g/mol. The Hall–Kier alpha value is -2.93. The summed E-state index contributed by atoms with van der Waals surface area (Å²) in [6.07, 6.45) is 2.21. The highest BCUT2D eigenvalue weighted by atomic mass is 19.1. The number of hydrogen-bond acceptors (Lipinski definition) is 3. The highest BCUT2D eigenvalue weighted by Gasteiger charge is 2.32. The van der Waals surface area contributed by atoms with Crippen LogP contribution in [-0.4, -0.2) is 37.6 Å². The first-order chi connectivity index (χ1) is 14.1. The number of nitrogens with one attached hydrogen (secondary N) is 3. The molecule has 0 spiro atoms. The van der Waals surface area contributed by atoms with Crippen molar-refractivity contribution in [3.05, 3.63) is 65.5 Å². The van der Waals surface area contributed by atoms with Gasteiger partial charge < -0.3 is 20.9 Å². The molecule has 2 aliphatic heterocycles. The van der Waals surface area contributed by atoms with Crippen molar-refractivity contribution in [1.82, 2.24) is 16.0 Å². The van der Waals surface area contributed by atoms with Crippen LogP contribution in [0.4, 0.5) is 14.9 Å².